The van der Waals surface area contributed by atoms with Crippen molar-refractivity contribution in [3.05, 3.63) is 35.6 Å². The van der Waals surface area contributed by atoms with Gasteiger partial charge in [-0.05, 0) is 12.1 Å². The molecule has 0 unspecified atom stereocenters. The Bertz CT molecular complexity index is 626. The molecular formula is C16H20N4O2S. The van der Waals surface area contributed by atoms with Crippen molar-refractivity contribution in [1.29, 1.82) is 0 Å². The summed E-state index contributed by atoms with van der Waals surface area (Å²) in [5, 5.41) is 5.79. The molecule has 3 rings (SSSR count). The average molecular weight is 332 g/mol. The van der Waals surface area contributed by atoms with E-state index in [1.165, 1.54) is 11.3 Å². The van der Waals surface area contributed by atoms with Gasteiger partial charge in [0.15, 0.2) is 0 Å². The number of hydrogen-bond donors (Lipinski definition) is 1. The molecule has 0 saturated carbocycles. The van der Waals surface area contributed by atoms with Crippen molar-refractivity contribution in [1.82, 2.24) is 20.2 Å². The third kappa shape index (κ3) is 4.82. The smallest absolute Gasteiger partial charge is 0.226 e. The van der Waals surface area contributed by atoms with Crippen LogP contribution in [0.25, 0.3) is 10.6 Å². The topological polar surface area (TPSA) is 67.4 Å². The molecule has 0 atom stereocenters. The molecule has 6 nitrogen and oxygen atoms in total. The highest BCUT2D eigenvalue weighted by molar-refractivity contribution is 7.13. The van der Waals surface area contributed by atoms with Gasteiger partial charge in [-0.1, -0.05) is 0 Å². The van der Waals surface area contributed by atoms with E-state index in [4.69, 9.17) is 4.74 Å². The fourth-order valence-electron chi connectivity index (χ4n) is 2.42. The Balaban J connectivity index is 1.44. The lowest BCUT2D eigenvalue weighted by molar-refractivity contribution is -0.120. The van der Waals surface area contributed by atoms with Crippen LogP contribution in [0.2, 0.25) is 0 Å². The van der Waals surface area contributed by atoms with Crippen LogP contribution >= 0.6 is 11.3 Å². The molecule has 1 aliphatic rings. The van der Waals surface area contributed by atoms with Gasteiger partial charge < -0.3 is 10.1 Å². The Hall–Kier alpha value is -1.83. The Labute approximate surface area is 139 Å². The zero-order chi connectivity index (χ0) is 15.9. The Morgan fingerprint density at radius 2 is 2.26 bits per heavy atom. The molecule has 0 radical (unpaired) electrons. The number of aromatic nitrogens is 2. The first kappa shape index (κ1) is 16.0. The number of amides is 1. The lowest BCUT2D eigenvalue weighted by Crippen LogP contribution is -2.41. The number of hydrogen-bond acceptors (Lipinski definition) is 6. The summed E-state index contributed by atoms with van der Waals surface area (Å²) in [6.45, 7) is 4.98. The lowest BCUT2D eigenvalue weighted by atomic mass is 10.3. The number of pyridine rings is 1. The number of morpholine rings is 1. The number of thiazole rings is 1. The standard InChI is InChI=1S/C16H20N4O2S/c21-15(18-4-5-20-6-8-22-9-7-20)10-14-12-23-16(19-14)13-2-1-3-17-11-13/h1-3,11-12H,4-10H2,(H,18,21). The van der Waals surface area contributed by atoms with Crippen molar-refractivity contribution < 1.29 is 9.53 Å². The van der Waals surface area contributed by atoms with E-state index >= 15 is 0 Å². The molecule has 3 heterocycles. The molecule has 1 fully saturated rings. The van der Waals surface area contributed by atoms with Gasteiger partial charge in [0.2, 0.25) is 5.91 Å². The minimum Gasteiger partial charge on any atom is -0.379 e. The van der Waals surface area contributed by atoms with E-state index in [0.29, 0.717) is 13.0 Å². The minimum absolute atomic E-state index is 0.0151. The summed E-state index contributed by atoms with van der Waals surface area (Å²) in [7, 11) is 0. The van der Waals surface area contributed by atoms with Crippen LogP contribution in [0.5, 0.6) is 0 Å². The van der Waals surface area contributed by atoms with E-state index in [-0.39, 0.29) is 5.91 Å². The molecule has 1 saturated heterocycles. The molecular weight excluding hydrogens is 312 g/mol. The zero-order valence-electron chi connectivity index (χ0n) is 12.9. The number of ether oxygens (including phenoxy) is 1. The predicted molar refractivity (Wildman–Crippen MR) is 89.3 cm³/mol. The summed E-state index contributed by atoms with van der Waals surface area (Å²) in [5.74, 6) is 0.0151. The average Bonchev–Trinajstić information content (AvgIpc) is 3.05. The first-order valence-corrected chi connectivity index (χ1v) is 8.61. The second kappa shape index (κ2) is 8.14. The summed E-state index contributed by atoms with van der Waals surface area (Å²) in [4.78, 5) is 22.9. The van der Waals surface area contributed by atoms with Crippen LogP contribution < -0.4 is 5.32 Å². The number of carbonyl (C=O) groups is 1. The third-order valence-electron chi connectivity index (χ3n) is 3.66. The second-order valence-corrected chi connectivity index (χ2v) is 6.22. The van der Waals surface area contributed by atoms with Gasteiger partial charge in [0.25, 0.3) is 0 Å². The Morgan fingerprint density at radius 1 is 1.39 bits per heavy atom. The summed E-state index contributed by atoms with van der Waals surface area (Å²) in [5.41, 5.74) is 1.79. The molecule has 7 heteroatoms. The first-order chi connectivity index (χ1) is 11.3. The van der Waals surface area contributed by atoms with Crippen LogP contribution in [0.15, 0.2) is 29.9 Å². The predicted octanol–water partition coefficient (Wildman–Crippen LogP) is 1.20. The summed E-state index contributed by atoms with van der Waals surface area (Å²) in [6.07, 6.45) is 3.84. The molecule has 0 bridgehead atoms. The molecule has 2 aromatic heterocycles. The van der Waals surface area contributed by atoms with Crippen LogP contribution in [0.3, 0.4) is 0 Å². The monoisotopic (exact) mass is 332 g/mol. The highest BCUT2D eigenvalue weighted by atomic mass is 32.1. The summed E-state index contributed by atoms with van der Waals surface area (Å²) in [6, 6.07) is 3.85. The fourth-order valence-corrected chi connectivity index (χ4v) is 3.23. The lowest BCUT2D eigenvalue weighted by Gasteiger charge is -2.26. The van der Waals surface area contributed by atoms with E-state index in [1.807, 2.05) is 17.5 Å². The Morgan fingerprint density at radius 3 is 3.04 bits per heavy atom. The molecule has 1 aliphatic heterocycles. The van der Waals surface area contributed by atoms with E-state index in [9.17, 15) is 4.79 Å². The number of nitrogens with one attached hydrogen (secondary N) is 1. The molecule has 0 aromatic carbocycles. The van der Waals surface area contributed by atoms with Gasteiger partial charge in [0.1, 0.15) is 5.01 Å². The van der Waals surface area contributed by atoms with Gasteiger partial charge in [-0.15, -0.1) is 11.3 Å². The highest BCUT2D eigenvalue weighted by Crippen LogP contribution is 2.22. The quantitative estimate of drug-likeness (QED) is 0.861. The highest BCUT2D eigenvalue weighted by Gasteiger charge is 2.11. The van der Waals surface area contributed by atoms with Crippen molar-refractivity contribution in [3.8, 4) is 10.6 Å². The van der Waals surface area contributed by atoms with Crippen LogP contribution in [0, 0.1) is 0 Å². The van der Waals surface area contributed by atoms with Crippen molar-refractivity contribution in [2.75, 3.05) is 39.4 Å². The van der Waals surface area contributed by atoms with Crippen LogP contribution in [0.1, 0.15) is 5.69 Å². The van der Waals surface area contributed by atoms with Crippen molar-refractivity contribution in [3.63, 3.8) is 0 Å². The Kier molecular flexibility index (Phi) is 5.68. The molecule has 122 valence electrons. The van der Waals surface area contributed by atoms with Gasteiger partial charge in [-0.2, -0.15) is 0 Å². The number of rotatable bonds is 6. The van der Waals surface area contributed by atoms with Crippen LogP contribution in [0.4, 0.5) is 0 Å². The van der Waals surface area contributed by atoms with Gasteiger partial charge >= 0.3 is 0 Å². The fraction of sp³-hybridized carbons (Fsp3) is 0.438. The molecule has 0 aliphatic carbocycles. The van der Waals surface area contributed by atoms with Gasteiger partial charge in [-0.3, -0.25) is 14.7 Å². The van der Waals surface area contributed by atoms with Gasteiger partial charge in [0.05, 0.1) is 25.3 Å². The maximum Gasteiger partial charge on any atom is 0.226 e. The minimum atomic E-state index is 0.0151. The molecule has 0 spiro atoms. The van der Waals surface area contributed by atoms with E-state index in [0.717, 1.165) is 49.1 Å². The maximum absolute atomic E-state index is 12.0. The molecule has 1 N–H and O–H groups in total. The molecule has 23 heavy (non-hydrogen) atoms. The van der Waals surface area contributed by atoms with Crippen LogP contribution in [-0.2, 0) is 16.0 Å². The normalized spacial score (nSPS) is 15.5. The third-order valence-corrected chi connectivity index (χ3v) is 4.60. The van der Waals surface area contributed by atoms with Gasteiger partial charge in [0, 0.05) is 49.5 Å². The maximum atomic E-state index is 12.0. The van der Waals surface area contributed by atoms with E-state index in [1.54, 1.807) is 12.4 Å². The SMILES string of the molecule is O=C(Cc1csc(-c2cccnc2)n1)NCCN1CCOCC1. The van der Waals surface area contributed by atoms with Crippen LogP contribution in [-0.4, -0.2) is 60.2 Å². The summed E-state index contributed by atoms with van der Waals surface area (Å²) < 4.78 is 5.30. The van der Waals surface area contributed by atoms with E-state index in [2.05, 4.69) is 20.2 Å². The molecule has 2 aromatic rings. The first-order valence-electron chi connectivity index (χ1n) is 7.73. The zero-order valence-corrected chi connectivity index (χ0v) is 13.7. The largest absolute Gasteiger partial charge is 0.379 e. The summed E-state index contributed by atoms with van der Waals surface area (Å²) >= 11 is 1.54. The molecule has 1 amide bonds. The van der Waals surface area contributed by atoms with Crippen molar-refractivity contribution in [2.45, 2.75) is 6.42 Å². The number of carbonyl (C=O) groups excluding carboxylic acids is 1. The van der Waals surface area contributed by atoms with Gasteiger partial charge in [-0.25, -0.2) is 4.98 Å². The number of nitrogens with zero attached hydrogens (tertiary/aromatic N) is 3. The second-order valence-electron chi connectivity index (χ2n) is 5.37. The van der Waals surface area contributed by atoms with Crippen molar-refractivity contribution in [2.24, 2.45) is 0 Å². The van der Waals surface area contributed by atoms with E-state index < -0.39 is 0 Å². The van der Waals surface area contributed by atoms with Crippen molar-refractivity contribution >= 4 is 17.2 Å².